The minimum absolute atomic E-state index is 0.00344. The van der Waals surface area contributed by atoms with Gasteiger partial charge >= 0.3 is 0 Å². The molecule has 27 heavy (non-hydrogen) atoms. The Morgan fingerprint density at radius 3 is 2.70 bits per heavy atom. The number of likely N-dealkylation sites (N-methyl/N-ethyl adjacent to an activating group) is 1. The topological polar surface area (TPSA) is 48.7 Å². The first-order valence-corrected chi connectivity index (χ1v) is 10.3. The van der Waals surface area contributed by atoms with Crippen LogP contribution in [-0.2, 0) is 6.42 Å². The molecular formula is C22H33N3O2. The lowest BCUT2D eigenvalue weighted by molar-refractivity contribution is 0.0937. The summed E-state index contributed by atoms with van der Waals surface area (Å²) in [4.78, 5) is 17.8. The van der Waals surface area contributed by atoms with E-state index >= 15 is 0 Å². The van der Waals surface area contributed by atoms with E-state index in [4.69, 9.17) is 4.42 Å². The first-order valence-electron chi connectivity index (χ1n) is 10.3. The third-order valence-electron chi connectivity index (χ3n) is 5.43. The van der Waals surface area contributed by atoms with Crippen LogP contribution in [0.4, 0.5) is 0 Å². The van der Waals surface area contributed by atoms with Crippen molar-refractivity contribution >= 4 is 16.9 Å². The van der Waals surface area contributed by atoms with Crippen LogP contribution in [0.15, 0.2) is 28.7 Å². The molecule has 1 amide bonds. The lowest BCUT2D eigenvalue weighted by Gasteiger charge is -2.33. The summed E-state index contributed by atoms with van der Waals surface area (Å²) in [6, 6.07) is 7.85. The van der Waals surface area contributed by atoms with E-state index in [-0.39, 0.29) is 5.91 Å². The summed E-state index contributed by atoms with van der Waals surface area (Å²) in [6.07, 6.45) is 2.92. The molecule has 1 atom stereocenters. The normalized spacial score (nSPS) is 17.3. The molecule has 1 fully saturated rings. The largest absolute Gasteiger partial charge is 0.460 e. The number of hydrogen-bond acceptors (Lipinski definition) is 4. The number of carbonyl (C=O) groups is 1. The lowest BCUT2D eigenvalue weighted by Crippen LogP contribution is -2.46. The number of para-hydroxylation sites is 1. The van der Waals surface area contributed by atoms with Gasteiger partial charge in [-0.05, 0) is 25.5 Å². The Kier molecular flexibility index (Phi) is 6.91. The van der Waals surface area contributed by atoms with Gasteiger partial charge in [-0.2, -0.15) is 0 Å². The van der Waals surface area contributed by atoms with Crippen molar-refractivity contribution in [1.29, 1.82) is 0 Å². The minimum Gasteiger partial charge on any atom is -0.460 e. The quantitative estimate of drug-likeness (QED) is 0.773. The van der Waals surface area contributed by atoms with Crippen LogP contribution in [0.25, 0.3) is 11.0 Å². The Morgan fingerprint density at radius 1 is 1.22 bits per heavy atom. The van der Waals surface area contributed by atoms with Crippen LogP contribution in [0.1, 0.15) is 42.8 Å². The third kappa shape index (κ3) is 5.11. The van der Waals surface area contributed by atoms with Crippen molar-refractivity contribution in [1.82, 2.24) is 15.1 Å². The number of carbonyl (C=O) groups excluding carboxylic acids is 1. The molecule has 1 N–H and O–H groups in total. The van der Waals surface area contributed by atoms with Crippen molar-refractivity contribution in [2.24, 2.45) is 5.92 Å². The van der Waals surface area contributed by atoms with Crippen LogP contribution in [0.5, 0.6) is 0 Å². The summed E-state index contributed by atoms with van der Waals surface area (Å²) in [5.74, 6) is 1.24. The molecule has 0 aliphatic carbocycles. The van der Waals surface area contributed by atoms with Gasteiger partial charge in [-0.3, -0.25) is 4.79 Å². The predicted octanol–water partition coefficient (Wildman–Crippen LogP) is 3.39. The van der Waals surface area contributed by atoms with Gasteiger partial charge in [-0.25, -0.2) is 0 Å². The lowest BCUT2D eigenvalue weighted by atomic mass is 10.1. The van der Waals surface area contributed by atoms with Gasteiger partial charge in [0.1, 0.15) is 11.3 Å². The average molecular weight is 372 g/mol. The van der Waals surface area contributed by atoms with Crippen molar-refractivity contribution in [3.8, 4) is 0 Å². The molecule has 0 bridgehead atoms. The second-order valence-electron chi connectivity index (χ2n) is 7.92. The molecule has 3 rings (SSSR count). The van der Waals surface area contributed by atoms with Crippen LogP contribution >= 0.6 is 0 Å². The molecule has 1 aromatic heterocycles. The first-order chi connectivity index (χ1) is 13.1. The van der Waals surface area contributed by atoms with Crippen LogP contribution in [0.3, 0.4) is 0 Å². The fourth-order valence-corrected chi connectivity index (χ4v) is 3.75. The Bertz CT molecular complexity index is 747. The Morgan fingerprint density at radius 2 is 1.96 bits per heavy atom. The molecule has 1 aliphatic heterocycles. The highest BCUT2D eigenvalue weighted by Crippen LogP contribution is 2.27. The molecule has 2 aromatic rings. The second kappa shape index (κ2) is 9.38. The number of rotatable bonds is 8. The van der Waals surface area contributed by atoms with Crippen molar-refractivity contribution < 1.29 is 9.21 Å². The Balaban J connectivity index is 1.61. The summed E-state index contributed by atoms with van der Waals surface area (Å²) >= 11 is 0. The summed E-state index contributed by atoms with van der Waals surface area (Å²) in [7, 11) is 2.17. The van der Waals surface area contributed by atoms with E-state index in [1.165, 1.54) is 0 Å². The van der Waals surface area contributed by atoms with Crippen LogP contribution in [0.2, 0.25) is 0 Å². The van der Waals surface area contributed by atoms with E-state index in [1.807, 2.05) is 24.3 Å². The number of amides is 1. The zero-order valence-electron chi connectivity index (χ0n) is 17.0. The average Bonchev–Trinajstić information content (AvgIpc) is 3.04. The molecule has 2 heterocycles. The fraction of sp³-hybridized carbons (Fsp3) is 0.591. The number of hydrogen-bond donors (Lipinski definition) is 1. The Hall–Kier alpha value is -1.85. The van der Waals surface area contributed by atoms with E-state index in [0.717, 1.165) is 74.3 Å². The molecular weight excluding hydrogens is 338 g/mol. The van der Waals surface area contributed by atoms with E-state index in [0.29, 0.717) is 12.5 Å². The van der Waals surface area contributed by atoms with Gasteiger partial charge in [0.2, 0.25) is 0 Å². The summed E-state index contributed by atoms with van der Waals surface area (Å²) in [5, 5.41) is 4.08. The first kappa shape index (κ1) is 19.9. The minimum atomic E-state index is -0.00344. The molecule has 1 saturated heterocycles. The molecule has 5 nitrogen and oxygen atoms in total. The molecule has 0 radical (unpaired) electrons. The van der Waals surface area contributed by atoms with E-state index < -0.39 is 0 Å². The molecule has 5 heteroatoms. The molecule has 1 unspecified atom stereocenters. The highest BCUT2D eigenvalue weighted by atomic mass is 16.3. The number of furan rings is 1. The zero-order chi connectivity index (χ0) is 19.2. The SMILES string of the molecule is CCCCc1oc2ccccc2c1C(=O)NCC(C)CN1CCN(C)CC1. The number of nitrogens with one attached hydrogen (secondary N) is 1. The molecule has 1 aliphatic rings. The number of benzene rings is 1. The summed E-state index contributed by atoms with van der Waals surface area (Å²) in [6.45, 7) is 10.6. The van der Waals surface area contributed by atoms with Gasteiger partial charge in [0.25, 0.3) is 5.91 Å². The van der Waals surface area contributed by atoms with Crippen molar-refractivity contribution in [2.45, 2.75) is 33.1 Å². The van der Waals surface area contributed by atoms with E-state index in [2.05, 4.69) is 36.0 Å². The van der Waals surface area contributed by atoms with E-state index in [9.17, 15) is 4.79 Å². The van der Waals surface area contributed by atoms with Gasteiger partial charge in [0.15, 0.2) is 0 Å². The maximum Gasteiger partial charge on any atom is 0.255 e. The number of unbranched alkanes of at least 4 members (excludes halogenated alkanes) is 1. The van der Waals surface area contributed by atoms with Gasteiger partial charge in [-0.15, -0.1) is 0 Å². The molecule has 148 valence electrons. The van der Waals surface area contributed by atoms with Gasteiger partial charge in [-0.1, -0.05) is 38.5 Å². The predicted molar refractivity (Wildman–Crippen MR) is 110 cm³/mol. The molecule has 0 saturated carbocycles. The van der Waals surface area contributed by atoms with Crippen molar-refractivity contribution in [2.75, 3.05) is 46.3 Å². The standard InChI is InChI=1S/C22H33N3O2/c1-4-5-9-20-21(18-8-6-7-10-19(18)27-20)22(26)23-15-17(2)16-25-13-11-24(3)12-14-25/h6-8,10,17H,4-5,9,11-16H2,1-3H3,(H,23,26). The number of piperazine rings is 1. The number of fused-ring (bicyclic) bond motifs is 1. The third-order valence-corrected chi connectivity index (χ3v) is 5.43. The maximum atomic E-state index is 13.0. The summed E-state index contributed by atoms with van der Waals surface area (Å²) in [5.41, 5.74) is 1.53. The van der Waals surface area contributed by atoms with Crippen molar-refractivity contribution in [3.05, 3.63) is 35.6 Å². The van der Waals surface area contributed by atoms with Crippen LogP contribution in [-0.4, -0.2) is 62.0 Å². The molecule has 0 spiro atoms. The highest BCUT2D eigenvalue weighted by molar-refractivity contribution is 6.07. The monoisotopic (exact) mass is 371 g/mol. The Labute approximate surface area is 162 Å². The van der Waals surface area contributed by atoms with Gasteiger partial charge < -0.3 is 19.5 Å². The van der Waals surface area contributed by atoms with Gasteiger partial charge in [0.05, 0.1) is 5.56 Å². The van der Waals surface area contributed by atoms with Crippen LogP contribution < -0.4 is 5.32 Å². The number of nitrogens with zero attached hydrogens (tertiary/aromatic N) is 2. The highest BCUT2D eigenvalue weighted by Gasteiger charge is 2.21. The van der Waals surface area contributed by atoms with E-state index in [1.54, 1.807) is 0 Å². The zero-order valence-corrected chi connectivity index (χ0v) is 17.0. The van der Waals surface area contributed by atoms with Gasteiger partial charge in [0, 0.05) is 51.1 Å². The fourth-order valence-electron chi connectivity index (χ4n) is 3.75. The summed E-state index contributed by atoms with van der Waals surface area (Å²) < 4.78 is 5.99. The van der Waals surface area contributed by atoms with Crippen molar-refractivity contribution in [3.63, 3.8) is 0 Å². The smallest absolute Gasteiger partial charge is 0.255 e. The maximum absolute atomic E-state index is 13.0. The second-order valence-corrected chi connectivity index (χ2v) is 7.92. The molecule has 1 aromatic carbocycles. The van der Waals surface area contributed by atoms with Crippen LogP contribution in [0, 0.1) is 5.92 Å². The number of aryl methyl sites for hydroxylation is 1.